The predicted molar refractivity (Wildman–Crippen MR) is 102 cm³/mol. The highest BCUT2D eigenvalue weighted by Crippen LogP contribution is 2.37. The fourth-order valence-electron chi connectivity index (χ4n) is 4.03. The lowest BCUT2D eigenvalue weighted by molar-refractivity contribution is -0.141. The average molecular weight is 380 g/mol. The number of ether oxygens (including phenoxy) is 1. The average Bonchev–Trinajstić information content (AvgIpc) is 3.23. The Kier molecular flexibility index (Phi) is 4.73. The van der Waals surface area contributed by atoms with E-state index in [4.69, 9.17) is 10.5 Å². The Morgan fingerprint density at radius 3 is 3.00 bits per heavy atom. The van der Waals surface area contributed by atoms with Gasteiger partial charge in [-0.05, 0) is 37.0 Å². The van der Waals surface area contributed by atoms with Gasteiger partial charge < -0.3 is 15.4 Å². The molecule has 6 nitrogen and oxygen atoms in total. The van der Waals surface area contributed by atoms with Gasteiger partial charge in [0.25, 0.3) is 5.91 Å². The summed E-state index contributed by atoms with van der Waals surface area (Å²) >= 11 is 0. The van der Waals surface area contributed by atoms with Gasteiger partial charge in [-0.2, -0.15) is 5.26 Å². The molecule has 1 amide bonds. The Balaban J connectivity index is 1.83. The smallest absolute Gasteiger partial charge is 0.252 e. The number of hydrogen-bond donors (Lipinski definition) is 1. The van der Waals surface area contributed by atoms with Gasteiger partial charge in [-0.1, -0.05) is 12.1 Å². The molecule has 1 unspecified atom stereocenters. The first-order valence-corrected chi connectivity index (χ1v) is 9.38. The minimum absolute atomic E-state index is 0.0413. The molecule has 0 spiro atoms. The SMILES string of the molecule is Cc1c(F)cccc1-c1c(C#N)c(N)nc2c1CN(C(=O)C1CCCO1)CC2. The van der Waals surface area contributed by atoms with Crippen LogP contribution in [0.4, 0.5) is 10.2 Å². The molecule has 2 aliphatic rings. The fourth-order valence-corrected chi connectivity index (χ4v) is 4.03. The first kappa shape index (κ1) is 18.4. The molecule has 0 bridgehead atoms. The molecule has 3 heterocycles. The highest BCUT2D eigenvalue weighted by atomic mass is 19.1. The molecule has 28 heavy (non-hydrogen) atoms. The van der Waals surface area contributed by atoms with E-state index >= 15 is 0 Å². The van der Waals surface area contributed by atoms with Crippen LogP contribution >= 0.6 is 0 Å². The van der Waals surface area contributed by atoms with Crippen LogP contribution in [0.1, 0.15) is 35.2 Å². The molecule has 1 atom stereocenters. The quantitative estimate of drug-likeness (QED) is 0.865. The zero-order valence-electron chi connectivity index (χ0n) is 15.7. The molecule has 7 heteroatoms. The lowest BCUT2D eigenvalue weighted by Gasteiger charge is -2.32. The Bertz CT molecular complexity index is 993. The second-order valence-electron chi connectivity index (χ2n) is 7.21. The van der Waals surface area contributed by atoms with E-state index < -0.39 is 6.10 Å². The maximum absolute atomic E-state index is 14.2. The number of anilines is 1. The molecule has 144 valence electrons. The highest BCUT2D eigenvalue weighted by molar-refractivity contribution is 5.84. The number of carbonyl (C=O) groups excluding carboxylic acids is 1. The minimum atomic E-state index is -0.405. The predicted octanol–water partition coefficient (Wildman–Crippen LogP) is 2.71. The zero-order valence-corrected chi connectivity index (χ0v) is 15.7. The number of halogens is 1. The molecule has 2 N–H and O–H groups in total. The maximum atomic E-state index is 14.2. The Morgan fingerprint density at radius 1 is 1.46 bits per heavy atom. The van der Waals surface area contributed by atoms with Gasteiger partial charge >= 0.3 is 0 Å². The summed E-state index contributed by atoms with van der Waals surface area (Å²) in [7, 11) is 0. The maximum Gasteiger partial charge on any atom is 0.252 e. The number of nitrogens with zero attached hydrogens (tertiary/aromatic N) is 3. The molecule has 4 rings (SSSR count). The second kappa shape index (κ2) is 7.21. The minimum Gasteiger partial charge on any atom is -0.383 e. The summed E-state index contributed by atoms with van der Waals surface area (Å²) in [5, 5.41) is 9.71. The summed E-state index contributed by atoms with van der Waals surface area (Å²) in [6.07, 6.45) is 1.73. The molecule has 1 aromatic heterocycles. The van der Waals surface area contributed by atoms with Crippen molar-refractivity contribution >= 4 is 11.7 Å². The third-order valence-electron chi connectivity index (χ3n) is 5.54. The van der Waals surface area contributed by atoms with Crippen molar-refractivity contribution in [2.24, 2.45) is 0 Å². The van der Waals surface area contributed by atoms with Crippen molar-refractivity contribution in [1.29, 1.82) is 5.26 Å². The third kappa shape index (κ3) is 3.00. The van der Waals surface area contributed by atoms with Crippen LogP contribution in [0.15, 0.2) is 18.2 Å². The van der Waals surface area contributed by atoms with Crippen molar-refractivity contribution < 1.29 is 13.9 Å². The molecule has 0 radical (unpaired) electrons. The summed E-state index contributed by atoms with van der Waals surface area (Å²) < 4.78 is 19.8. The Hall–Kier alpha value is -2.98. The lowest BCUT2D eigenvalue weighted by Crippen LogP contribution is -2.42. The van der Waals surface area contributed by atoms with Crippen LogP contribution in [0.5, 0.6) is 0 Å². The van der Waals surface area contributed by atoms with Crippen molar-refractivity contribution in [2.45, 2.75) is 38.8 Å². The number of nitriles is 1. The number of nitrogens with two attached hydrogens (primary N) is 1. The van der Waals surface area contributed by atoms with E-state index in [9.17, 15) is 14.4 Å². The molecule has 1 aromatic carbocycles. The Labute approximate surface area is 162 Å². The molecule has 0 aliphatic carbocycles. The van der Waals surface area contributed by atoms with Gasteiger partial charge in [0, 0.05) is 37.2 Å². The molecule has 1 saturated heterocycles. The van der Waals surface area contributed by atoms with E-state index in [1.54, 1.807) is 24.0 Å². The van der Waals surface area contributed by atoms with Crippen LogP contribution in [0.3, 0.4) is 0 Å². The Morgan fingerprint density at radius 2 is 2.29 bits per heavy atom. The standard InChI is InChI=1S/C21H21FN4O2/c1-12-13(4-2-5-16(12)22)19-14(10-23)20(24)25-17-7-8-26(11-15(17)19)21(27)18-6-3-9-28-18/h2,4-5,18H,3,6-9,11H2,1H3,(H2,24,25). The first-order chi connectivity index (χ1) is 13.5. The van der Waals surface area contributed by atoms with Crippen LogP contribution in [0, 0.1) is 24.1 Å². The van der Waals surface area contributed by atoms with Crippen molar-refractivity contribution in [3.05, 3.63) is 46.4 Å². The van der Waals surface area contributed by atoms with Gasteiger partial charge in [0.15, 0.2) is 0 Å². The summed E-state index contributed by atoms with van der Waals surface area (Å²) in [5.74, 6) is -0.257. The number of nitrogen functional groups attached to an aromatic ring is 1. The zero-order chi connectivity index (χ0) is 19.8. The number of aromatic nitrogens is 1. The highest BCUT2D eigenvalue weighted by Gasteiger charge is 2.33. The van der Waals surface area contributed by atoms with Gasteiger partial charge in [-0.25, -0.2) is 9.37 Å². The van der Waals surface area contributed by atoms with Crippen molar-refractivity contribution in [3.63, 3.8) is 0 Å². The fraction of sp³-hybridized carbons (Fsp3) is 0.381. The van der Waals surface area contributed by atoms with Crippen LogP contribution in [-0.2, 0) is 22.5 Å². The van der Waals surface area contributed by atoms with Gasteiger partial charge in [-0.15, -0.1) is 0 Å². The van der Waals surface area contributed by atoms with Gasteiger partial charge in [-0.3, -0.25) is 4.79 Å². The number of benzene rings is 1. The van der Waals surface area contributed by atoms with Crippen molar-refractivity contribution in [2.75, 3.05) is 18.9 Å². The lowest BCUT2D eigenvalue weighted by atomic mass is 9.88. The monoisotopic (exact) mass is 380 g/mol. The number of rotatable bonds is 2. The van der Waals surface area contributed by atoms with E-state index in [2.05, 4.69) is 11.1 Å². The largest absolute Gasteiger partial charge is 0.383 e. The molecular formula is C21H21FN4O2. The number of amides is 1. The van der Waals surface area contributed by atoms with Gasteiger partial charge in [0.1, 0.15) is 29.4 Å². The normalized spacial score (nSPS) is 18.6. The van der Waals surface area contributed by atoms with E-state index in [0.29, 0.717) is 42.8 Å². The molecule has 2 aliphatic heterocycles. The summed E-state index contributed by atoms with van der Waals surface area (Å²) in [5.41, 5.74) is 9.41. The summed E-state index contributed by atoms with van der Waals surface area (Å²) in [6, 6.07) is 6.89. The number of carbonyl (C=O) groups is 1. The molecular weight excluding hydrogens is 359 g/mol. The van der Waals surface area contributed by atoms with Gasteiger partial charge in [0.2, 0.25) is 0 Å². The van der Waals surface area contributed by atoms with Crippen LogP contribution in [0.25, 0.3) is 11.1 Å². The van der Waals surface area contributed by atoms with Crippen LogP contribution < -0.4 is 5.73 Å². The molecule has 2 aromatic rings. The second-order valence-corrected chi connectivity index (χ2v) is 7.21. The van der Waals surface area contributed by atoms with E-state index in [1.165, 1.54) is 6.07 Å². The first-order valence-electron chi connectivity index (χ1n) is 9.38. The summed E-state index contributed by atoms with van der Waals surface area (Å²) in [4.78, 5) is 19.0. The number of fused-ring (bicyclic) bond motifs is 1. The molecule has 0 saturated carbocycles. The van der Waals surface area contributed by atoms with Crippen molar-refractivity contribution in [1.82, 2.24) is 9.88 Å². The number of hydrogen-bond acceptors (Lipinski definition) is 5. The summed E-state index contributed by atoms with van der Waals surface area (Å²) in [6.45, 7) is 3.10. The van der Waals surface area contributed by atoms with Crippen LogP contribution in [0.2, 0.25) is 0 Å². The number of pyridine rings is 1. The van der Waals surface area contributed by atoms with E-state index in [0.717, 1.165) is 24.1 Å². The van der Waals surface area contributed by atoms with Crippen LogP contribution in [-0.4, -0.2) is 35.0 Å². The van der Waals surface area contributed by atoms with Crippen molar-refractivity contribution in [3.8, 4) is 17.2 Å². The topological polar surface area (TPSA) is 92.2 Å². The third-order valence-corrected chi connectivity index (χ3v) is 5.54. The van der Waals surface area contributed by atoms with E-state index in [-0.39, 0.29) is 23.1 Å². The van der Waals surface area contributed by atoms with E-state index in [1.807, 2.05) is 0 Å². The van der Waals surface area contributed by atoms with Gasteiger partial charge in [0.05, 0.1) is 5.69 Å². The molecule has 1 fully saturated rings.